The van der Waals surface area contributed by atoms with Gasteiger partial charge in [0.15, 0.2) is 17.3 Å². The molecule has 2 aliphatic heterocycles. The number of hydrogen-bond donors (Lipinski definition) is 1. The lowest BCUT2D eigenvalue weighted by Gasteiger charge is -2.19. The van der Waals surface area contributed by atoms with E-state index in [0.29, 0.717) is 5.82 Å². The van der Waals surface area contributed by atoms with Crippen molar-refractivity contribution in [3.63, 3.8) is 0 Å². The lowest BCUT2D eigenvalue weighted by molar-refractivity contribution is 0.282. The van der Waals surface area contributed by atoms with Crippen LogP contribution in [0.2, 0.25) is 0 Å². The number of nitrogens with zero attached hydrogens (tertiary/aromatic N) is 5. The number of benzene rings is 1. The number of hydrogen-bond acceptors (Lipinski definition) is 6. The summed E-state index contributed by atoms with van der Waals surface area (Å²) >= 11 is 0. The average molecular weight is 353 g/mol. The molecule has 0 bridgehead atoms. The minimum Gasteiger partial charge on any atom is -0.392 e. The predicted molar refractivity (Wildman–Crippen MR) is 94.8 cm³/mol. The molecule has 0 saturated heterocycles. The Morgan fingerprint density at radius 2 is 1.81 bits per heavy atom. The van der Waals surface area contributed by atoms with Gasteiger partial charge in [0, 0.05) is 12.6 Å². The Bertz CT molecular complexity index is 1030. The van der Waals surface area contributed by atoms with Gasteiger partial charge in [0.05, 0.1) is 12.6 Å². The third-order valence-corrected chi connectivity index (χ3v) is 4.91. The molecule has 2 heterocycles. The Hall–Kier alpha value is -2.87. The number of fused-ring (bicyclic) bond motifs is 1. The second-order valence-electron chi connectivity index (χ2n) is 6.60. The van der Waals surface area contributed by atoms with Gasteiger partial charge in [0.25, 0.3) is 5.56 Å². The molecule has 1 aliphatic carbocycles. The van der Waals surface area contributed by atoms with E-state index in [0.717, 1.165) is 41.4 Å². The van der Waals surface area contributed by atoms with Gasteiger partial charge in [-0.05, 0) is 18.4 Å². The predicted octanol–water partition coefficient (Wildman–Crippen LogP) is 1.11. The molecule has 0 amide bonds. The molecule has 134 valence electrons. The van der Waals surface area contributed by atoms with E-state index in [-0.39, 0.29) is 24.2 Å². The number of aliphatic hydroxyl groups excluding tert-OH is 1. The number of aliphatic hydroxyl groups is 1. The van der Waals surface area contributed by atoms with Gasteiger partial charge in [-0.3, -0.25) is 9.36 Å². The molecule has 4 rings (SSSR count). The fraction of sp³-hybridized carbons (Fsp3) is 0.389. The van der Waals surface area contributed by atoms with Crippen molar-refractivity contribution in [2.75, 3.05) is 0 Å². The topological polar surface area (TPSA) is 103 Å². The summed E-state index contributed by atoms with van der Waals surface area (Å²) in [5, 5.41) is 13.8. The third-order valence-electron chi connectivity index (χ3n) is 4.91. The normalized spacial score (nSPS) is 15.0. The summed E-state index contributed by atoms with van der Waals surface area (Å²) in [6.45, 7) is -0.0440. The maximum absolute atomic E-state index is 12.6. The van der Waals surface area contributed by atoms with Crippen LogP contribution in [-0.2, 0) is 13.7 Å². The maximum Gasteiger partial charge on any atom is 0.352 e. The molecule has 8 heteroatoms. The van der Waals surface area contributed by atoms with Crippen LogP contribution in [0, 0.1) is 0 Å². The molecule has 3 aliphatic rings. The van der Waals surface area contributed by atoms with E-state index in [1.54, 1.807) is 16.8 Å². The SMILES string of the molecule is Cn1c(=O)nc2n(C3CCCC3)nc(-c3ccc(CO)cc3)nc-2c1=O. The van der Waals surface area contributed by atoms with Crippen molar-refractivity contribution in [3.05, 3.63) is 50.7 Å². The minimum absolute atomic E-state index is 0.0440. The van der Waals surface area contributed by atoms with Crippen LogP contribution < -0.4 is 11.2 Å². The Labute approximate surface area is 149 Å². The van der Waals surface area contributed by atoms with Gasteiger partial charge < -0.3 is 5.11 Å². The van der Waals surface area contributed by atoms with E-state index < -0.39 is 11.2 Å². The summed E-state index contributed by atoms with van der Waals surface area (Å²) in [5.41, 5.74) is 0.603. The Balaban J connectivity index is 1.97. The van der Waals surface area contributed by atoms with Crippen molar-refractivity contribution < 1.29 is 5.11 Å². The lowest BCUT2D eigenvalue weighted by Crippen LogP contribution is -2.37. The first-order valence-electron chi connectivity index (χ1n) is 8.66. The Kier molecular flexibility index (Phi) is 4.12. The second kappa shape index (κ2) is 6.45. The summed E-state index contributed by atoms with van der Waals surface area (Å²) in [4.78, 5) is 33.1. The molecule has 0 atom stereocenters. The van der Waals surface area contributed by atoms with Crippen LogP contribution in [0.25, 0.3) is 22.9 Å². The molecule has 0 unspecified atom stereocenters. The van der Waals surface area contributed by atoms with Crippen LogP contribution in [0.5, 0.6) is 0 Å². The van der Waals surface area contributed by atoms with Crippen LogP contribution in [-0.4, -0.2) is 29.4 Å². The highest BCUT2D eigenvalue weighted by Gasteiger charge is 2.26. The van der Waals surface area contributed by atoms with E-state index in [2.05, 4.69) is 15.1 Å². The van der Waals surface area contributed by atoms with Crippen LogP contribution in [0.3, 0.4) is 0 Å². The molecule has 0 aromatic heterocycles. The van der Waals surface area contributed by atoms with Crippen LogP contribution >= 0.6 is 0 Å². The van der Waals surface area contributed by atoms with Gasteiger partial charge in [-0.25, -0.2) is 14.5 Å². The first kappa shape index (κ1) is 16.6. The van der Waals surface area contributed by atoms with Gasteiger partial charge >= 0.3 is 5.69 Å². The van der Waals surface area contributed by atoms with Crippen molar-refractivity contribution in [1.82, 2.24) is 24.3 Å². The summed E-state index contributed by atoms with van der Waals surface area (Å²) < 4.78 is 2.67. The fourth-order valence-electron chi connectivity index (χ4n) is 3.38. The number of aromatic nitrogens is 5. The second-order valence-corrected chi connectivity index (χ2v) is 6.60. The zero-order valence-corrected chi connectivity index (χ0v) is 14.4. The zero-order valence-electron chi connectivity index (χ0n) is 14.4. The minimum atomic E-state index is -0.599. The Morgan fingerprint density at radius 1 is 1.12 bits per heavy atom. The third kappa shape index (κ3) is 2.72. The Morgan fingerprint density at radius 3 is 2.46 bits per heavy atom. The molecular formula is C18H19N5O3. The van der Waals surface area contributed by atoms with Gasteiger partial charge in [-0.2, -0.15) is 10.1 Å². The van der Waals surface area contributed by atoms with Crippen molar-refractivity contribution >= 4 is 0 Å². The van der Waals surface area contributed by atoms with E-state index >= 15 is 0 Å². The van der Waals surface area contributed by atoms with Crippen molar-refractivity contribution in [3.8, 4) is 22.9 Å². The smallest absolute Gasteiger partial charge is 0.352 e. The van der Waals surface area contributed by atoms with E-state index in [1.807, 2.05) is 12.1 Å². The van der Waals surface area contributed by atoms with Gasteiger partial charge in [-0.15, -0.1) is 0 Å². The quantitative estimate of drug-likeness (QED) is 0.757. The summed E-state index contributed by atoms with van der Waals surface area (Å²) in [6.07, 6.45) is 4.03. The van der Waals surface area contributed by atoms with E-state index in [4.69, 9.17) is 0 Å². The molecule has 1 saturated carbocycles. The van der Waals surface area contributed by atoms with Crippen molar-refractivity contribution in [1.29, 1.82) is 0 Å². The summed E-state index contributed by atoms with van der Waals surface area (Å²) in [7, 11) is 1.40. The van der Waals surface area contributed by atoms with E-state index in [1.165, 1.54) is 7.05 Å². The van der Waals surface area contributed by atoms with Gasteiger partial charge in [-0.1, -0.05) is 37.1 Å². The first-order chi connectivity index (χ1) is 12.6. The molecule has 0 spiro atoms. The molecule has 1 N–H and O–H groups in total. The summed E-state index contributed by atoms with van der Waals surface area (Å²) in [5.74, 6) is 0.659. The standard InChI is InChI=1S/C18H19N5O3/c1-22-17(25)14-16(20-18(22)26)23(13-4-2-3-5-13)21-15(19-14)12-8-6-11(10-24)7-9-12/h6-9,13,24H,2-5,10H2,1H3. The lowest BCUT2D eigenvalue weighted by atomic mass is 10.1. The molecule has 8 nitrogen and oxygen atoms in total. The van der Waals surface area contributed by atoms with Gasteiger partial charge in [0.2, 0.25) is 0 Å². The maximum atomic E-state index is 12.6. The van der Waals surface area contributed by atoms with Crippen LogP contribution in [0.4, 0.5) is 0 Å². The molecule has 0 radical (unpaired) electrons. The molecular weight excluding hydrogens is 334 g/mol. The van der Waals surface area contributed by atoms with Gasteiger partial charge in [0.1, 0.15) is 0 Å². The fourth-order valence-corrected chi connectivity index (χ4v) is 3.38. The monoisotopic (exact) mass is 353 g/mol. The van der Waals surface area contributed by atoms with Crippen molar-refractivity contribution in [2.45, 2.75) is 38.3 Å². The largest absolute Gasteiger partial charge is 0.392 e. The van der Waals surface area contributed by atoms with E-state index in [9.17, 15) is 14.7 Å². The molecule has 1 fully saturated rings. The summed E-state index contributed by atoms with van der Waals surface area (Å²) in [6, 6.07) is 7.31. The molecule has 26 heavy (non-hydrogen) atoms. The highest BCUT2D eigenvalue weighted by Crippen LogP contribution is 2.32. The highest BCUT2D eigenvalue weighted by atomic mass is 16.3. The average Bonchev–Trinajstić information content (AvgIpc) is 3.20. The van der Waals surface area contributed by atoms with Crippen LogP contribution in [0.15, 0.2) is 33.9 Å². The number of rotatable bonds is 3. The zero-order chi connectivity index (χ0) is 18.3. The van der Waals surface area contributed by atoms with Crippen molar-refractivity contribution in [2.24, 2.45) is 7.05 Å². The van der Waals surface area contributed by atoms with Crippen LogP contribution in [0.1, 0.15) is 37.3 Å². The molecule has 1 aromatic carbocycles. The highest BCUT2D eigenvalue weighted by molar-refractivity contribution is 5.59. The first-order valence-corrected chi connectivity index (χ1v) is 8.66. The molecule has 1 aromatic rings.